The van der Waals surface area contributed by atoms with Crippen molar-refractivity contribution in [1.29, 1.82) is 0 Å². The summed E-state index contributed by atoms with van der Waals surface area (Å²) in [5.41, 5.74) is 10.4. The van der Waals surface area contributed by atoms with E-state index in [4.69, 9.17) is 28.4 Å². The third kappa shape index (κ3) is 3.71. The summed E-state index contributed by atoms with van der Waals surface area (Å²) in [6.45, 7) is 4.83. The van der Waals surface area contributed by atoms with Gasteiger partial charge < -0.3 is 21.1 Å². The van der Waals surface area contributed by atoms with Gasteiger partial charge in [0, 0.05) is 6.54 Å². The lowest BCUT2D eigenvalue weighted by atomic mass is 9.77. The summed E-state index contributed by atoms with van der Waals surface area (Å²) in [6.07, 6.45) is 2.74. The molecular weight excluding hydrogens is 290 g/mol. The molecule has 0 spiro atoms. The average molecular weight is 315 g/mol. The number of hydrogen-bond acceptors (Lipinski definition) is 4. The number of nitrogens with zero attached hydrogens (tertiary/aromatic N) is 1. The van der Waals surface area contributed by atoms with Crippen LogP contribution in [0.5, 0.6) is 0 Å². The number of thiocarbonyl (C=S) groups is 1. The molecule has 1 heterocycles. The Hall–Kier alpha value is -1.21. The Labute approximate surface area is 131 Å². The summed E-state index contributed by atoms with van der Waals surface area (Å²) >= 11 is 5.19. The zero-order valence-electron chi connectivity index (χ0n) is 12.8. The molecule has 1 aliphatic heterocycles. The number of amides is 2. The van der Waals surface area contributed by atoms with Crippen molar-refractivity contribution in [2.45, 2.75) is 45.6 Å². The van der Waals surface area contributed by atoms with Gasteiger partial charge in [-0.2, -0.15) is 0 Å². The van der Waals surface area contributed by atoms with Crippen LogP contribution in [-0.4, -0.2) is 47.5 Å². The molecule has 1 aliphatic rings. The highest BCUT2D eigenvalue weighted by atomic mass is 32.1. The van der Waals surface area contributed by atoms with Gasteiger partial charge in [0.25, 0.3) is 0 Å². The molecule has 2 amide bonds. The predicted octanol–water partition coefficient (Wildman–Crippen LogP) is 0.572. The van der Waals surface area contributed by atoms with Crippen molar-refractivity contribution in [1.82, 2.24) is 4.90 Å². The van der Waals surface area contributed by atoms with Gasteiger partial charge in [-0.15, -0.1) is 0 Å². The number of carbonyl (C=O) groups is 2. The van der Waals surface area contributed by atoms with Crippen LogP contribution in [0.4, 0.5) is 0 Å². The monoisotopic (exact) mass is 315 g/mol. The molecule has 1 fully saturated rings. The fourth-order valence-corrected chi connectivity index (χ4v) is 3.19. The highest BCUT2D eigenvalue weighted by Crippen LogP contribution is 2.34. The Bertz CT molecular complexity index is 408. The summed E-state index contributed by atoms with van der Waals surface area (Å²) in [7, 11) is 0. The van der Waals surface area contributed by atoms with Crippen LogP contribution in [0.25, 0.3) is 0 Å². The fraction of sp³-hybridized carbons (Fsp3) is 0.786. The van der Waals surface area contributed by atoms with Crippen LogP contribution in [0.1, 0.15) is 39.5 Å². The van der Waals surface area contributed by atoms with E-state index in [1.165, 1.54) is 4.90 Å². The molecule has 0 aromatic carbocycles. The van der Waals surface area contributed by atoms with Crippen LogP contribution in [-0.2, 0) is 14.3 Å². The first-order valence-corrected chi connectivity index (χ1v) is 7.79. The van der Waals surface area contributed by atoms with Crippen molar-refractivity contribution >= 4 is 29.0 Å². The van der Waals surface area contributed by atoms with E-state index in [0.29, 0.717) is 26.0 Å². The Kier molecular flexibility index (Phi) is 6.54. The van der Waals surface area contributed by atoms with E-state index in [2.05, 4.69) is 0 Å². The number of ether oxygens (including phenoxy) is 1. The second kappa shape index (κ2) is 7.70. The van der Waals surface area contributed by atoms with Crippen LogP contribution >= 0.6 is 12.2 Å². The van der Waals surface area contributed by atoms with Gasteiger partial charge in [-0.25, -0.2) is 0 Å². The zero-order valence-corrected chi connectivity index (χ0v) is 13.6. The quantitative estimate of drug-likeness (QED) is 0.669. The Balaban J connectivity index is 3.13. The van der Waals surface area contributed by atoms with E-state index >= 15 is 0 Å². The predicted molar refractivity (Wildman–Crippen MR) is 84.5 cm³/mol. The molecule has 0 aliphatic carbocycles. The first kappa shape index (κ1) is 17.8. The molecule has 21 heavy (non-hydrogen) atoms. The molecule has 7 heteroatoms. The van der Waals surface area contributed by atoms with Crippen LogP contribution in [0, 0.1) is 5.41 Å². The van der Waals surface area contributed by atoms with E-state index in [-0.39, 0.29) is 17.5 Å². The number of carbonyl (C=O) groups excluding carboxylic acids is 2. The van der Waals surface area contributed by atoms with Crippen molar-refractivity contribution in [2.24, 2.45) is 16.9 Å². The Morgan fingerprint density at radius 1 is 1.29 bits per heavy atom. The second-order valence-corrected chi connectivity index (χ2v) is 5.88. The highest BCUT2D eigenvalue weighted by molar-refractivity contribution is 7.80. The fourth-order valence-electron chi connectivity index (χ4n) is 2.90. The molecule has 0 aromatic heterocycles. The summed E-state index contributed by atoms with van der Waals surface area (Å²) in [4.78, 5) is 26.3. The third-order valence-electron chi connectivity index (χ3n) is 3.95. The lowest BCUT2D eigenvalue weighted by Crippen LogP contribution is -2.60. The minimum Gasteiger partial charge on any atom is -0.392 e. The number of rotatable bonds is 7. The molecule has 1 atom stereocenters. The first-order chi connectivity index (χ1) is 9.90. The smallest absolute Gasteiger partial charge is 0.242 e. The maximum absolute atomic E-state index is 13.1. The van der Waals surface area contributed by atoms with E-state index in [9.17, 15) is 9.59 Å². The minimum atomic E-state index is -0.885. The van der Waals surface area contributed by atoms with Gasteiger partial charge in [0.2, 0.25) is 11.8 Å². The molecule has 4 N–H and O–H groups in total. The maximum Gasteiger partial charge on any atom is 0.242 e. The second-order valence-electron chi connectivity index (χ2n) is 5.44. The van der Waals surface area contributed by atoms with Gasteiger partial charge >= 0.3 is 0 Å². The molecule has 1 unspecified atom stereocenters. The average Bonchev–Trinajstić information content (AvgIpc) is 2.45. The zero-order chi connectivity index (χ0) is 16.0. The third-order valence-corrected chi connectivity index (χ3v) is 4.34. The van der Waals surface area contributed by atoms with E-state index in [0.717, 1.165) is 12.8 Å². The van der Waals surface area contributed by atoms with Gasteiger partial charge in [0.05, 0.1) is 23.6 Å². The molecule has 0 aromatic rings. The normalized spacial score (nSPS) is 19.3. The van der Waals surface area contributed by atoms with Crippen molar-refractivity contribution in [3.05, 3.63) is 0 Å². The first-order valence-electron chi connectivity index (χ1n) is 7.38. The lowest BCUT2D eigenvalue weighted by molar-refractivity contribution is -0.153. The van der Waals surface area contributed by atoms with Gasteiger partial charge in [-0.05, 0) is 12.8 Å². The van der Waals surface area contributed by atoms with E-state index < -0.39 is 17.4 Å². The van der Waals surface area contributed by atoms with Crippen LogP contribution in [0.3, 0.4) is 0 Å². The van der Waals surface area contributed by atoms with Crippen LogP contribution < -0.4 is 11.5 Å². The molecule has 6 nitrogen and oxygen atoms in total. The molecule has 0 bridgehead atoms. The maximum atomic E-state index is 13.1. The minimum absolute atomic E-state index is 0.132. The number of nitrogens with two attached hydrogens (primary N) is 2. The van der Waals surface area contributed by atoms with E-state index in [1.54, 1.807) is 0 Å². The van der Waals surface area contributed by atoms with Crippen molar-refractivity contribution in [3.8, 4) is 0 Å². The standard InChI is InChI=1S/C14H25N3O3S/c1-3-5-14(6-4-2,12(16)21)13(19)17-7-8-20-9-10(17)11(15)18/h10H,3-9H2,1-2H3,(H2,15,18)(H2,16,21). The van der Waals surface area contributed by atoms with Crippen LogP contribution in [0.2, 0.25) is 0 Å². The summed E-state index contributed by atoms with van der Waals surface area (Å²) < 4.78 is 5.26. The molecule has 120 valence electrons. The van der Waals surface area contributed by atoms with Crippen molar-refractivity contribution in [2.75, 3.05) is 19.8 Å². The number of morpholine rings is 1. The van der Waals surface area contributed by atoms with Crippen molar-refractivity contribution < 1.29 is 14.3 Å². The summed E-state index contributed by atoms with van der Waals surface area (Å²) in [5, 5.41) is 0. The van der Waals surface area contributed by atoms with Gasteiger partial charge in [-0.3, -0.25) is 9.59 Å². The van der Waals surface area contributed by atoms with E-state index in [1.807, 2.05) is 13.8 Å². The Morgan fingerprint density at radius 2 is 1.86 bits per heavy atom. The highest BCUT2D eigenvalue weighted by Gasteiger charge is 2.45. The number of hydrogen-bond donors (Lipinski definition) is 2. The molecule has 0 saturated carbocycles. The number of primary amides is 1. The van der Waals surface area contributed by atoms with Crippen molar-refractivity contribution in [3.63, 3.8) is 0 Å². The SMILES string of the molecule is CCCC(CCC)(C(=O)N1CCOCC1C(N)=O)C(N)=S. The molecular formula is C14H25N3O3S. The Morgan fingerprint density at radius 3 is 2.29 bits per heavy atom. The topological polar surface area (TPSA) is 98.6 Å². The summed E-state index contributed by atoms with van der Waals surface area (Å²) in [5.74, 6) is -0.751. The van der Waals surface area contributed by atoms with Gasteiger partial charge in [-0.1, -0.05) is 38.9 Å². The lowest BCUT2D eigenvalue weighted by Gasteiger charge is -2.41. The summed E-state index contributed by atoms with van der Waals surface area (Å²) in [6, 6.07) is -0.742. The molecule has 0 radical (unpaired) electrons. The van der Waals surface area contributed by atoms with Crippen LogP contribution in [0.15, 0.2) is 0 Å². The van der Waals surface area contributed by atoms with Gasteiger partial charge in [0.15, 0.2) is 0 Å². The molecule has 1 saturated heterocycles. The largest absolute Gasteiger partial charge is 0.392 e. The van der Waals surface area contributed by atoms with Gasteiger partial charge in [0.1, 0.15) is 6.04 Å². The molecule has 1 rings (SSSR count).